The van der Waals surface area contributed by atoms with Gasteiger partial charge in [0, 0.05) is 19.5 Å². The summed E-state index contributed by atoms with van der Waals surface area (Å²) in [5, 5.41) is 10.9. The highest BCUT2D eigenvalue weighted by atomic mass is 15.5. The third-order valence-corrected chi connectivity index (χ3v) is 7.24. The van der Waals surface area contributed by atoms with E-state index in [0.29, 0.717) is 0 Å². The summed E-state index contributed by atoms with van der Waals surface area (Å²) in [5.41, 5.74) is 8.12. The number of fused-ring (bicyclic) bond motifs is 1. The maximum Gasteiger partial charge on any atom is 0.204 e. The molecular formula is C33H33N5. The first-order chi connectivity index (χ1) is 18.8. The summed E-state index contributed by atoms with van der Waals surface area (Å²) in [5.74, 6) is 0.935. The fourth-order valence-electron chi connectivity index (χ4n) is 5.19. The average Bonchev–Trinajstić information content (AvgIpc) is 3.58. The number of imidazole rings is 1. The molecule has 1 unspecified atom stereocenters. The van der Waals surface area contributed by atoms with Gasteiger partial charge in [-0.1, -0.05) is 98.3 Å². The van der Waals surface area contributed by atoms with Gasteiger partial charge < -0.3 is 9.88 Å². The smallest absolute Gasteiger partial charge is 0.204 e. The molecule has 38 heavy (non-hydrogen) atoms. The number of aromatic nitrogens is 2. The van der Waals surface area contributed by atoms with E-state index in [1.807, 2.05) is 0 Å². The summed E-state index contributed by atoms with van der Waals surface area (Å²) in [6.07, 6.45) is 3.17. The normalized spacial score (nSPS) is 15.1. The maximum absolute atomic E-state index is 5.10. The number of anilines is 2. The molecule has 0 amide bonds. The highest BCUT2D eigenvalue weighted by Gasteiger charge is 2.29. The lowest BCUT2D eigenvalue weighted by molar-refractivity contribution is 0.649. The summed E-state index contributed by atoms with van der Waals surface area (Å²) in [7, 11) is 0. The van der Waals surface area contributed by atoms with Crippen LogP contribution in [-0.2, 0) is 13.1 Å². The van der Waals surface area contributed by atoms with Gasteiger partial charge in [0.25, 0.3) is 0 Å². The molecule has 0 fully saturated rings. The third-order valence-electron chi connectivity index (χ3n) is 7.24. The summed E-state index contributed by atoms with van der Waals surface area (Å²) in [6, 6.07) is 38.5. The van der Waals surface area contributed by atoms with E-state index in [1.54, 1.807) is 0 Å². The molecule has 1 atom stereocenters. The average molecular weight is 500 g/mol. The summed E-state index contributed by atoms with van der Waals surface area (Å²) in [6.45, 7) is 3.91. The van der Waals surface area contributed by atoms with Gasteiger partial charge in [0.05, 0.1) is 28.5 Å². The van der Waals surface area contributed by atoms with Crippen LogP contribution in [0.3, 0.4) is 0 Å². The summed E-state index contributed by atoms with van der Waals surface area (Å²) < 4.78 is 2.31. The largest absolute Gasteiger partial charge is 0.352 e. The molecule has 0 spiro atoms. The van der Waals surface area contributed by atoms with Gasteiger partial charge in [-0.25, -0.2) is 4.98 Å². The number of hydrogen-bond acceptors (Lipinski definition) is 4. The van der Waals surface area contributed by atoms with E-state index < -0.39 is 0 Å². The fraction of sp³-hybridized carbons (Fsp3) is 0.212. The van der Waals surface area contributed by atoms with Crippen LogP contribution in [0, 0.1) is 0 Å². The van der Waals surface area contributed by atoms with E-state index in [9.17, 15) is 0 Å². The standard InChI is InChI=1S/C33H33N5/c1-2-3-22-37-31-17-11-10-16-29(31)35-33(37)34-24-25-18-20-28(21-19-25)38-32(27-14-8-5-9-15-27)23-30(36-38)26-12-6-4-7-13-26/h4-21,32H,2-3,22-24H2,1H3,(H,34,35). The number of hydrazone groups is 1. The lowest BCUT2D eigenvalue weighted by Gasteiger charge is -2.24. The molecule has 0 radical (unpaired) electrons. The SMILES string of the molecule is CCCCn1c(NCc2ccc(N3N=C(c4ccccc4)CC3c3ccccc3)cc2)nc2ccccc21. The third kappa shape index (κ3) is 4.92. The molecule has 1 aliphatic rings. The molecule has 1 aromatic heterocycles. The molecule has 0 bridgehead atoms. The van der Waals surface area contributed by atoms with Crippen molar-refractivity contribution >= 4 is 28.4 Å². The Kier molecular flexibility index (Phi) is 6.90. The van der Waals surface area contributed by atoms with Crippen LogP contribution in [-0.4, -0.2) is 15.3 Å². The first kappa shape index (κ1) is 24.0. The van der Waals surface area contributed by atoms with Gasteiger partial charge in [-0.15, -0.1) is 0 Å². The van der Waals surface area contributed by atoms with Crippen molar-refractivity contribution in [3.63, 3.8) is 0 Å². The minimum Gasteiger partial charge on any atom is -0.352 e. The fourth-order valence-corrected chi connectivity index (χ4v) is 5.19. The number of unbranched alkanes of at least 4 members (excludes halogenated alkanes) is 1. The molecule has 1 aliphatic heterocycles. The number of nitrogens with zero attached hydrogens (tertiary/aromatic N) is 4. The lowest BCUT2D eigenvalue weighted by atomic mass is 9.98. The number of para-hydroxylation sites is 2. The van der Waals surface area contributed by atoms with E-state index in [0.717, 1.165) is 55.2 Å². The first-order valence-corrected chi connectivity index (χ1v) is 13.6. The van der Waals surface area contributed by atoms with E-state index in [2.05, 4.69) is 131 Å². The molecule has 5 heteroatoms. The van der Waals surface area contributed by atoms with Crippen LogP contribution < -0.4 is 10.3 Å². The Morgan fingerprint density at radius 2 is 1.53 bits per heavy atom. The molecule has 5 aromatic rings. The molecule has 6 rings (SSSR count). The zero-order chi connectivity index (χ0) is 25.7. The van der Waals surface area contributed by atoms with Crippen LogP contribution in [0.1, 0.15) is 48.9 Å². The van der Waals surface area contributed by atoms with Crippen molar-refractivity contribution in [2.45, 2.75) is 45.3 Å². The lowest BCUT2D eigenvalue weighted by Crippen LogP contribution is -2.18. The Balaban J connectivity index is 1.23. The molecule has 1 N–H and O–H groups in total. The Bertz CT molecular complexity index is 1520. The highest BCUT2D eigenvalue weighted by molar-refractivity contribution is 6.03. The number of hydrogen-bond donors (Lipinski definition) is 1. The van der Waals surface area contributed by atoms with Crippen molar-refractivity contribution in [3.05, 3.63) is 126 Å². The van der Waals surface area contributed by atoms with Crippen molar-refractivity contribution in [2.75, 3.05) is 10.3 Å². The van der Waals surface area contributed by atoms with E-state index in [1.165, 1.54) is 22.2 Å². The second-order valence-electron chi connectivity index (χ2n) is 9.84. The van der Waals surface area contributed by atoms with Crippen molar-refractivity contribution in [3.8, 4) is 0 Å². The van der Waals surface area contributed by atoms with E-state index in [4.69, 9.17) is 10.1 Å². The molecule has 2 heterocycles. The van der Waals surface area contributed by atoms with Crippen molar-refractivity contribution < 1.29 is 0 Å². The van der Waals surface area contributed by atoms with Crippen LogP contribution >= 0.6 is 0 Å². The van der Waals surface area contributed by atoms with E-state index in [-0.39, 0.29) is 6.04 Å². The number of aryl methyl sites for hydroxylation is 1. The van der Waals surface area contributed by atoms with Gasteiger partial charge in [-0.05, 0) is 47.4 Å². The van der Waals surface area contributed by atoms with Crippen molar-refractivity contribution in [1.29, 1.82) is 0 Å². The second-order valence-corrected chi connectivity index (χ2v) is 9.84. The predicted octanol–water partition coefficient (Wildman–Crippen LogP) is 7.80. The van der Waals surface area contributed by atoms with Gasteiger partial charge in [-0.3, -0.25) is 5.01 Å². The van der Waals surface area contributed by atoms with Crippen molar-refractivity contribution in [2.24, 2.45) is 5.10 Å². The molecule has 0 saturated carbocycles. The van der Waals surface area contributed by atoms with Crippen LogP contribution in [0.4, 0.5) is 11.6 Å². The number of nitrogens with one attached hydrogen (secondary N) is 1. The minimum atomic E-state index is 0.175. The van der Waals surface area contributed by atoms with Gasteiger partial charge in [0.2, 0.25) is 5.95 Å². The Morgan fingerprint density at radius 3 is 2.29 bits per heavy atom. The van der Waals surface area contributed by atoms with Gasteiger partial charge in [0.1, 0.15) is 0 Å². The predicted molar refractivity (Wildman–Crippen MR) is 158 cm³/mol. The van der Waals surface area contributed by atoms with Crippen LogP contribution in [0.5, 0.6) is 0 Å². The van der Waals surface area contributed by atoms with Crippen LogP contribution in [0.25, 0.3) is 11.0 Å². The molecular weight excluding hydrogens is 466 g/mol. The first-order valence-electron chi connectivity index (χ1n) is 13.6. The molecule has 5 nitrogen and oxygen atoms in total. The van der Waals surface area contributed by atoms with E-state index >= 15 is 0 Å². The number of rotatable bonds is 9. The molecule has 190 valence electrons. The highest BCUT2D eigenvalue weighted by Crippen LogP contribution is 2.36. The second kappa shape index (κ2) is 10.9. The van der Waals surface area contributed by atoms with Crippen LogP contribution in [0.15, 0.2) is 114 Å². The quantitative estimate of drug-likeness (QED) is 0.225. The zero-order valence-electron chi connectivity index (χ0n) is 21.8. The molecule has 4 aromatic carbocycles. The van der Waals surface area contributed by atoms with Gasteiger partial charge in [0.15, 0.2) is 0 Å². The molecule has 0 saturated heterocycles. The number of benzene rings is 4. The zero-order valence-corrected chi connectivity index (χ0v) is 21.8. The van der Waals surface area contributed by atoms with Gasteiger partial charge in [-0.2, -0.15) is 5.10 Å². The topological polar surface area (TPSA) is 45.5 Å². The maximum atomic E-state index is 5.10. The molecule has 0 aliphatic carbocycles. The summed E-state index contributed by atoms with van der Waals surface area (Å²) >= 11 is 0. The Morgan fingerprint density at radius 1 is 0.816 bits per heavy atom. The Hall–Kier alpha value is -4.38. The van der Waals surface area contributed by atoms with Crippen LogP contribution in [0.2, 0.25) is 0 Å². The minimum absolute atomic E-state index is 0.175. The summed E-state index contributed by atoms with van der Waals surface area (Å²) in [4.78, 5) is 4.87. The van der Waals surface area contributed by atoms with Gasteiger partial charge >= 0.3 is 0 Å². The Labute approximate surface area is 224 Å². The van der Waals surface area contributed by atoms with Crippen molar-refractivity contribution in [1.82, 2.24) is 9.55 Å². The monoisotopic (exact) mass is 499 g/mol.